The highest BCUT2D eigenvalue weighted by atomic mass is 16.3. The molecular weight excluding hydrogens is 623 g/mol. The first-order valence-electron chi connectivity index (χ1n) is 17.9. The minimum absolute atomic E-state index is 0.00583. The second-order valence-corrected chi connectivity index (χ2v) is 14.0. The highest BCUT2D eigenvalue weighted by Gasteiger charge is 2.34. The molecule has 0 saturated heterocycles. The number of allylic oxidation sites excluding steroid dienone is 4. The Morgan fingerprint density at radius 1 is 0.686 bits per heavy atom. The topological polar surface area (TPSA) is 49.9 Å². The van der Waals surface area contributed by atoms with E-state index in [2.05, 4.69) is 151 Å². The first kappa shape index (κ1) is 28.6. The molecule has 242 valence electrons. The predicted octanol–water partition coefficient (Wildman–Crippen LogP) is 11.9. The Morgan fingerprint density at radius 3 is 2.39 bits per heavy atom. The first-order valence-corrected chi connectivity index (χ1v) is 17.9. The molecule has 0 saturated carbocycles. The standard InChI is InChI=1S/C47H33N3O/c1-3-11-28(12-4-1)30-21-22-32-26-33(24-23-31(32)25-30)46-48-45(29-13-5-2-6-14-29)49-47(50-46)38-19-10-20-40-44(38)43-37-18-9-17-36-34-15-7-8-16-35(34)39(42(36)37)27-41(43)51-40/h1-5,7-13,15-18,20-27,38,46H,6,14,19H2,(H,48,49,50). The van der Waals surface area contributed by atoms with Crippen LogP contribution in [-0.2, 0) is 0 Å². The predicted molar refractivity (Wildman–Crippen MR) is 211 cm³/mol. The molecule has 4 nitrogen and oxygen atoms in total. The quantitative estimate of drug-likeness (QED) is 0.205. The molecule has 1 aliphatic heterocycles. The summed E-state index contributed by atoms with van der Waals surface area (Å²) in [6.45, 7) is 0. The van der Waals surface area contributed by atoms with Crippen LogP contribution in [0, 0.1) is 0 Å². The lowest BCUT2D eigenvalue weighted by Crippen LogP contribution is -2.37. The van der Waals surface area contributed by atoms with E-state index in [1.807, 2.05) is 0 Å². The van der Waals surface area contributed by atoms with Gasteiger partial charge in [0, 0.05) is 16.9 Å². The number of nitrogens with one attached hydrogen (secondary N) is 1. The van der Waals surface area contributed by atoms with Gasteiger partial charge in [-0.1, -0.05) is 121 Å². The Bertz CT molecular complexity index is 2760. The molecular formula is C47H33N3O. The van der Waals surface area contributed by atoms with Gasteiger partial charge in [0.05, 0.1) is 0 Å². The number of fused-ring (bicyclic) bond motifs is 8. The van der Waals surface area contributed by atoms with Gasteiger partial charge in [0.1, 0.15) is 23.3 Å². The van der Waals surface area contributed by atoms with E-state index >= 15 is 0 Å². The Balaban J connectivity index is 1.04. The van der Waals surface area contributed by atoms with Crippen LogP contribution < -0.4 is 5.32 Å². The fourth-order valence-corrected chi connectivity index (χ4v) is 8.65. The summed E-state index contributed by atoms with van der Waals surface area (Å²) in [5.74, 6) is 2.68. The zero-order chi connectivity index (χ0) is 33.5. The van der Waals surface area contributed by atoms with Crippen molar-refractivity contribution >= 4 is 50.3 Å². The third-order valence-corrected chi connectivity index (χ3v) is 11.1. The highest BCUT2D eigenvalue weighted by Crippen LogP contribution is 2.52. The van der Waals surface area contributed by atoms with Crippen molar-refractivity contribution in [2.45, 2.75) is 31.3 Å². The number of furan rings is 1. The number of benzene rings is 6. The Morgan fingerprint density at radius 2 is 1.51 bits per heavy atom. The molecule has 0 bridgehead atoms. The van der Waals surface area contributed by atoms with Crippen LogP contribution in [0.25, 0.3) is 72.0 Å². The van der Waals surface area contributed by atoms with Crippen LogP contribution in [0.2, 0.25) is 0 Å². The fraction of sp³-hybridized carbons (Fsp3) is 0.106. The first-order chi connectivity index (χ1) is 25.3. The zero-order valence-corrected chi connectivity index (χ0v) is 27.9. The van der Waals surface area contributed by atoms with Gasteiger partial charge in [0.2, 0.25) is 0 Å². The van der Waals surface area contributed by atoms with Crippen molar-refractivity contribution in [1.82, 2.24) is 5.32 Å². The van der Waals surface area contributed by atoms with Crippen LogP contribution in [0.1, 0.15) is 48.2 Å². The minimum atomic E-state index is -0.267. The van der Waals surface area contributed by atoms with Gasteiger partial charge in [-0.05, 0) is 110 Å². The van der Waals surface area contributed by atoms with Gasteiger partial charge in [0.15, 0.2) is 5.84 Å². The van der Waals surface area contributed by atoms with Crippen molar-refractivity contribution in [3.8, 4) is 33.4 Å². The van der Waals surface area contributed by atoms with Gasteiger partial charge in [-0.25, -0.2) is 9.98 Å². The molecule has 4 heteroatoms. The molecule has 51 heavy (non-hydrogen) atoms. The lowest BCUT2D eigenvalue weighted by molar-refractivity contribution is 0.588. The van der Waals surface area contributed by atoms with Crippen molar-refractivity contribution in [3.63, 3.8) is 0 Å². The fourth-order valence-electron chi connectivity index (χ4n) is 8.65. The SMILES string of the molecule is C1=CCCC(C2=NC(c3ccc4cc(-c5ccccc5)ccc4c3)NC(C3CC=Cc4oc5cc6c7c(cccc7c5c43)-c3ccccc3-6)=N2)=C1. The van der Waals surface area contributed by atoms with Crippen LogP contribution in [-0.4, -0.2) is 11.7 Å². The van der Waals surface area contributed by atoms with Crippen LogP contribution in [0.15, 0.2) is 160 Å². The molecule has 3 aliphatic carbocycles. The monoisotopic (exact) mass is 655 g/mol. The smallest absolute Gasteiger partial charge is 0.154 e. The molecule has 6 aromatic carbocycles. The summed E-state index contributed by atoms with van der Waals surface area (Å²) in [6, 6.07) is 41.7. The van der Waals surface area contributed by atoms with Crippen LogP contribution >= 0.6 is 0 Å². The van der Waals surface area contributed by atoms with E-state index < -0.39 is 0 Å². The van der Waals surface area contributed by atoms with E-state index in [4.69, 9.17) is 14.4 Å². The summed E-state index contributed by atoms with van der Waals surface area (Å²) >= 11 is 0. The van der Waals surface area contributed by atoms with Gasteiger partial charge in [-0.2, -0.15) is 0 Å². The number of hydrogen-bond donors (Lipinski definition) is 1. The molecule has 7 aromatic rings. The minimum Gasteiger partial charge on any atom is -0.456 e. The van der Waals surface area contributed by atoms with Crippen LogP contribution in [0.5, 0.6) is 0 Å². The van der Waals surface area contributed by atoms with E-state index in [1.54, 1.807) is 0 Å². The molecule has 4 aliphatic rings. The average molecular weight is 656 g/mol. The molecule has 2 unspecified atom stereocenters. The summed E-state index contributed by atoms with van der Waals surface area (Å²) in [7, 11) is 0. The second-order valence-electron chi connectivity index (χ2n) is 14.0. The maximum absolute atomic E-state index is 6.72. The van der Waals surface area contributed by atoms with Crippen molar-refractivity contribution in [2.75, 3.05) is 0 Å². The van der Waals surface area contributed by atoms with E-state index in [9.17, 15) is 0 Å². The van der Waals surface area contributed by atoms with E-state index in [0.29, 0.717) is 0 Å². The Labute approximate surface area is 295 Å². The summed E-state index contributed by atoms with van der Waals surface area (Å²) in [5, 5.41) is 10.0. The second kappa shape index (κ2) is 11.1. The Kier molecular flexibility index (Phi) is 6.23. The summed E-state index contributed by atoms with van der Waals surface area (Å²) in [6.07, 6.45) is 13.4. The molecule has 0 fully saturated rings. The van der Waals surface area contributed by atoms with Crippen molar-refractivity contribution in [1.29, 1.82) is 0 Å². The van der Waals surface area contributed by atoms with E-state index in [-0.39, 0.29) is 12.1 Å². The number of hydrogen-bond acceptors (Lipinski definition) is 4. The van der Waals surface area contributed by atoms with E-state index in [1.165, 1.54) is 71.4 Å². The molecule has 2 heterocycles. The largest absolute Gasteiger partial charge is 0.456 e. The van der Waals surface area contributed by atoms with Crippen molar-refractivity contribution in [2.24, 2.45) is 9.98 Å². The molecule has 11 rings (SSSR count). The van der Waals surface area contributed by atoms with Gasteiger partial charge in [-0.15, -0.1) is 0 Å². The lowest BCUT2D eigenvalue weighted by atomic mass is 9.85. The van der Waals surface area contributed by atoms with Gasteiger partial charge < -0.3 is 9.73 Å². The molecule has 1 aromatic heterocycles. The summed E-state index contributed by atoms with van der Waals surface area (Å²) < 4.78 is 6.72. The number of nitrogens with zero attached hydrogens (tertiary/aromatic N) is 2. The third kappa shape index (κ3) is 4.46. The summed E-state index contributed by atoms with van der Waals surface area (Å²) in [5.41, 5.74) is 12.0. The number of rotatable bonds is 4. The molecule has 1 N–H and O–H groups in total. The average Bonchev–Trinajstić information content (AvgIpc) is 3.75. The molecule has 0 spiro atoms. The molecule has 2 atom stereocenters. The lowest BCUT2D eigenvalue weighted by Gasteiger charge is -2.29. The summed E-state index contributed by atoms with van der Waals surface area (Å²) in [4.78, 5) is 10.6. The van der Waals surface area contributed by atoms with Crippen molar-refractivity contribution in [3.05, 3.63) is 162 Å². The van der Waals surface area contributed by atoms with Crippen molar-refractivity contribution < 1.29 is 4.42 Å². The van der Waals surface area contributed by atoms with Crippen LogP contribution in [0.4, 0.5) is 0 Å². The maximum atomic E-state index is 6.72. The van der Waals surface area contributed by atoms with E-state index in [0.717, 1.165) is 47.8 Å². The maximum Gasteiger partial charge on any atom is 0.154 e. The van der Waals surface area contributed by atoms with Crippen LogP contribution in [0.3, 0.4) is 0 Å². The Hall–Kier alpha value is -6.26. The molecule has 0 amide bonds. The number of amidine groups is 2. The van der Waals surface area contributed by atoms with Gasteiger partial charge in [0.25, 0.3) is 0 Å². The third-order valence-electron chi connectivity index (χ3n) is 11.1. The zero-order valence-electron chi connectivity index (χ0n) is 27.9. The van der Waals surface area contributed by atoms with Gasteiger partial charge >= 0.3 is 0 Å². The highest BCUT2D eigenvalue weighted by molar-refractivity contribution is 6.24. The normalized spacial score (nSPS) is 18.7. The number of aliphatic imine (C=N–C) groups is 2. The molecule has 0 radical (unpaired) electrons. The van der Waals surface area contributed by atoms with Gasteiger partial charge in [-0.3, -0.25) is 0 Å².